The number of carbonyl (C=O) groups is 2. The summed E-state index contributed by atoms with van der Waals surface area (Å²) >= 11 is 5.58. The Morgan fingerprint density at radius 3 is 2.88 bits per heavy atom. The molecule has 1 aromatic rings. The van der Waals surface area contributed by atoms with E-state index in [1.165, 1.54) is 18.3 Å². The Bertz CT molecular complexity index is 471. The number of rotatable bonds is 4. The van der Waals surface area contributed by atoms with Gasteiger partial charge >= 0.3 is 11.9 Å². The second kappa shape index (κ2) is 6.00. The maximum absolute atomic E-state index is 11.1. The van der Waals surface area contributed by atoms with Crippen molar-refractivity contribution in [2.75, 3.05) is 6.61 Å². The van der Waals surface area contributed by atoms with Crippen LogP contribution in [0.3, 0.4) is 0 Å². The number of carbonyl (C=O) groups excluding carboxylic acids is 1. The zero-order valence-corrected chi connectivity index (χ0v) is 9.77. The summed E-state index contributed by atoms with van der Waals surface area (Å²) < 4.78 is 4.67. The number of aromatic nitrogens is 1. The van der Waals surface area contributed by atoms with Crippen LogP contribution in [0.25, 0.3) is 6.08 Å². The van der Waals surface area contributed by atoms with Gasteiger partial charge in [0.05, 0.1) is 12.2 Å². The first kappa shape index (κ1) is 13.2. The van der Waals surface area contributed by atoms with Crippen LogP contribution in [0.2, 0.25) is 5.15 Å². The van der Waals surface area contributed by atoms with Crippen molar-refractivity contribution in [1.29, 1.82) is 0 Å². The molecule has 1 rings (SSSR count). The van der Waals surface area contributed by atoms with Gasteiger partial charge in [-0.05, 0) is 19.1 Å². The summed E-state index contributed by atoms with van der Waals surface area (Å²) in [6.07, 6.45) is 3.74. The third kappa shape index (κ3) is 3.88. The van der Waals surface area contributed by atoms with E-state index in [-0.39, 0.29) is 22.9 Å². The van der Waals surface area contributed by atoms with Gasteiger partial charge in [-0.25, -0.2) is 14.6 Å². The van der Waals surface area contributed by atoms with Crippen LogP contribution in [-0.4, -0.2) is 28.6 Å². The maximum atomic E-state index is 11.1. The number of ether oxygens (including phenoxy) is 1. The summed E-state index contributed by atoms with van der Waals surface area (Å²) in [4.78, 5) is 25.7. The largest absolute Gasteiger partial charge is 0.478 e. The van der Waals surface area contributed by atoms with E-state index in [4.69, 9.17) is 16.7 Å². The molecule has 0 fully saturated rings. The van der Waals surface area contributed by atoms with E-state index in [1.807, 2.05) is 0 Å². The maximum Gasteiger partial charge on any atom is 0.336 e. The molecule has 90 valence electrons. The zero-order chi connectivity index (χ0) is 12.8. The minimum atomic E-state index is -1.14. The lowest BCUT2D eigenvalue weighted by atomic mass is 10.1. The number of carboxylic acid groups (broad SMARTS) is 1. The molecule has 0 saturated heterocycles. The van der Waals surface area contributed by atoms with E-state index in [1.54, 1.807) is 6.92 Å². The van der Waals surface area contributed by atoms with Crippen molar-refractivity contribution >= 4 is 29.6 Å². The highest BCUT2D eigenvalue weighted by molar-refractivity contribution is 6.29. The summed E-state index contributed by atoms with van der Waals surface area (Å²) in [6.45, 7) is 1.94. The lowest BCUT2D eigenvalue weighted by Gasteiger charge is -2.01. The van der Waals surface area contributed by atoms with E-state index in [9.17, 15) is 9.59 Å². The van der Waals surface area contributed by atoms with Gasteiger partial charge in [-0.2, -0.15) is 0 Å². The molecule has 0 aliphatic rings. The normalized spacial score (nSPS) is 10.5. The quantitative estimate of drug-likeness (QED) is 0.506. The van der Waals surface area contributed by atoms with Gasteiger partial charge in [0.25, 0.3) is 0 Å². The predicted molar refractivity (Wildman–Crippen MR) is 61.9 cm³/mol. The van der Waals surface area contributed by atoms with Gasteiger partial charge in [0, 0.05) is 17.8 Å². The van der Waals surface area contributed by atoms with Crippen LogP contribution in [0.1, 0.15) is 22.8 Å². The number of hydrogen-bond acceptors (Lipinski definition) is 4. The summed E-state index contributed by atoms with van der Waals surface area (Å²) in [7, 11) is 0. The highest BCUT2D eigenvalue weighted by atomic mass is 35.5. The van der Waals surface area contributed by atoms with Gasteiger partial charge in [-0.3, -0.25) is 0 Å². The molecule has 6 heteroatoms. The van der Waals surface area contributed by atoms with Crippen molar-refractivity contribution in [3.8, 4) is 0 Å². The van der Waals surface area contributed by atoms with E-state index < -0.39 is 11.9 Å². The molecule has 0 amide bonds. The lowest BCUT2D eigenvalue weighted by Crippen LogP contribution is -2.02. The molecule has 0 aromatic carbocycles. The first-order chi connectivity index (χ1) is 8.04. The van der Waals surface area contributed by atoms with Gasteiger partial charge < -0.3 is 9.84 Å². The van der Waals surface area contributed by atoms with Gasteiger partial charge in [0.2, 0.25) is 0 Å². The number of esters is 1. The highest BCUT2D eigenvalue weighted by Gasteiger charge is 2.09. The number of hydrogen-bond donors (Lipinski definition) is 1. The van der Waals surface area contributed by atoms with Crippen LogP contribution in [0.4, 0.5) is 0 Å². The molecule has 0 saturated carbocycles. The Balaban J connectivity index is 2.98. The zero-order valence-electron chi connectivity index (χ0n) is 9.01. The van der Waals surface area contributed by atoms with Gasteiger partial charge in [-0.15, -0.1) is 0 Å². The monoisotopic (exact) mass is 255 g/mol. The summed E-state index contributed by atoms with van der Waals surface area (Å²) in [5.41, 5.74) is 0.264. The topological polar surface area (TPSA) is 76.5 Å². The Hall–Kier alpha value is -1.88. The van der Waals surface area contributed by atoms with Crippen molar-refractivity contribution < 1.29 is 19.4 Å². The first-order valence-electron chi connectivity index (χ1n) is 4.78. The van der Waals surface area contributed by atoms with Gasteiger partial charge in [-0.1, -0.05) is 11.6 Å². The fraction of sp³-hybridized carbons (Fsp3) is 0.182. The Labute approximate surface area is 103 Å². The van der Waals surface area contributed by atoms with Crippen molar-refractivity contribution in [3.05, 3.63) is 34.6 Å². The van der Waals surface area contributed by atoms with Crippen LogP contribution in [0, 0.1) is 0 Å². The molecular weight excluding hydrogens is 246 g/mol. The Kier molecular flexibility index (Phi) is 4.66. The smallest absolute Gasteiger partial charge is 0.336 e. The standard InChI is InChI=1S/C11H10ClNO4/c1-2-17-10(14)4-3-7-6-13-9(12)5-8(7)11(15)16/h3-6H,2H2,1H3,(H,15,16). The molecule has 5 nitrogen and oxygen atoms in total. The molecule has 1 heterocycles. The van der Waals surface area contributed by atoms with Crippen LogP contribution in [0.15, 0.2) is 18.3 Å². The van der Waals surface area contributed by atoms with Crippen LogP contribution in [0.5, 0.6) is 0 Å². The van der Waals surface area contributed by atoms with E-state index in [0.29, 0.717) is 0 Å². The summed E-state index contributed by atoms with van der Waals surface area (Å²) in [5, 5.41) is 9.00. The fourth-order valence-electron chi connectivity index (χ4n) is 1.11. The minimum Gasteiger partial charge on any atom is -0.478 e. The third-order valence-corrected chi connectivity index (χ3v) is 2.02. The number of aromatic carboxylic acids is 1. The number of pyridine rings is 1. The van der Waals surface area contributed by atoms with Crippen LogP contribution >= 0.6 is 11.6 Å². The molecule has 0 aliphatic heterocycles. The number of carboxylic acids is 1. The summed E-state index contributed by atoms with van der Waals surface area (Å²) in [6, 6.07) is 1.22. The van der Waals surface area contributed by atoms with Crippen molar-refractivity contribution in [2.45, 2.75) is 6.92 Å². The third-order valence-electron chi connectivity index (χ3n) is 1.82. The average Bonchev–Trinajstić information content (AvgIpc) is 2.27. The molecule has 0 bridgehead atoms. The second-order valence-corrected chi connectivity index (χ2v) is 3.37. The molecule has 17 heavy (non-hydrogen) atoms. The number of halogens is 1. The highest BCUT2D eigenvalue weighted by Crippen LogP contribution is 2.14. The van der Waals surface area contributed by atoms with Crippen molar-refractivity contribution in [2.24, 2.45) is 0 Å². The first-order valence-corrected chi connectivity index (χ1v) is 5.16. The minimum absolute atomic E-state index is 0.0226. The van der Waals surface area contributed by atoms with Crippen LogP contribution < -0.4 is 0 Å². The lowest BCUT2D eigenvalue weighted by molar-refractivity contribution is -0.137. The van der Waals surface area contributed by atoms with Gasteiger partial charge in [0.1, 0.15) is 5.15 Å². The molecule has 0 aliphatic carbocycles. The molecule has 0 radical (unpaired) electrons. The van der Waals surface area contributed by atoms with Gasteiger partial charge in [0.15, 0.2) is 0 Å². The Morgan fingerprint density at radius 1 is 1.59 bits per heavy atom. The SMILES string of the molecule is CCOC(=O)C=Cc1cnc(Cl)cc1C(=O)O. The van der Waals surface area contributed by atoms with E-state index in [2.05, 4.69) is 9.72 Å². The molecule has 0 atom stereocenters. The molecule has 0 spiro atoms. The van der Waals surface area contributed by atoms with Crippen LogP contribution in [-0.2, 0) is 9.53 Å². The molecule has 1 aromatic heterocycles. The molecular formula is C11H10ClNO4. The van der Waals surface area contributed by atoms with Crippen molar-refractivity contribution in [1.82, 2.24) is 4.98 Å². The van der Waals surface area contributed by atoms with Crippen molar-refractivity contribution in [3.63, 3.8) is 0 Å². The fourth-order valence-corrected chi connectivity index (χ4v) is 1.26. The molecule has 0 unspecified atom stereocenters. The predicted octanol–water partition coefficient (Wildman–Crippen LogP) is 2.01. The van der Waals surface area contributed by atoms with E-state index >= 15 is 0 Å². The number of nitrogens with zero attached hydrogens (tertiary/aromatic N) is 1. The molecule has 1 N–H and O–H groups in total. The summed E-state index contributed by atoms with van der Waals surface area (Å²) in [5.74, 6) is -1.68. The average molecular weight is 256 g/mol. The second-order valence-electron chi connectivity index (χ2n) is 2.98. The van der Waals surface area contributed by atoms with E-state index in [0.717, 1.165) is 6.08 Å². The Morgan fingerprint density at radius 2 is 2.29 bits per heavy atom.